The molecule has 7 heteroatoms. The molecule has 1 aliphatic heterocycles. The number of carbonyl (C=O) groups is 1. The van der Waals surface area contributed by atoms with E-state index in [1.165, 1.54) is 48.9 Å². The number of nitrogens with one attached hydrogen (secondary N) is 1. The Kier molecular flexibility index (Phi) is 5.42. The summed E-state index contributed by atoms with van der Waals surface area (Å²) in [6.45, 7) is 5.13. The maximum absolute atomic E-state index is 13.2. The standard InChI is InChI=1S/C24H34N2O4S/c1-16-13-26(14-17(2)30-16)31(28,29)22-5-3-4-21(9-22)23(27)25-15-24-10-18-6-19(11-24)8-20(7-18)12-24/h3-5,9,16-20H,6-8,10-15H2,1-2H3,(H,25,27)/t16-,17-,18?,19?,20?,24?/m0/s1. The zero-order valence-corrected chi connectivity index (χ0v) is 19.4. The van der Waals surface area contributed by atoms with E-state index in [2.05, 4.69) is 5.32 Å². The summed E-state index contributed by atoms with van der Waals surface area (Å²) in [6, 6.07) is 6.48. The van der Waals surface area contributed by atoms with Crippen LogP contribution < -0.4 is 5.32 Å². The van der Waals surface area contributed by atoms with Gasteiger partial charge in [-0.3, -0.25) is 4.79 Å². The van der Waals surface area contributed by atoms with Gasteiger partial charge in [0.2, 0.25) is 10.0 Å². The van der Waals surface area contributed by atoms with Crippen molar-refractivity contribution in [2.75, 3.05) is 19.6 Å². The van der Waals surface area contributed by atoms with E-state index in [1.54, 1.807) is 18.2 Å². The fourth-order valence-electron chi connectivity index (χ4n) is 7.15. The summed E-state index contributed by atoms with van der Waals surface area (Å²) in [5.74, 6) is 2.36. The molecule has 5 fully saturated rings. The maximum Gasteiger partial charge on any atom is 0.251 e. The summed E-state index contributed by atoms with van der Waals surface area (Å²) in [4.78, 5) is 13.1. The Balaban J connectivity index is 1.28. The van der Waals surface area contributed by atoms with Gasteiger partial charge in [0.05, 0.1) is 17.1 Å². The highest BCUT2D eigenvalue weighted by Crippen LogP contribution is 2.59. The molecular weight excluding hydrogens is 412 g/mol. The van der Waals surface area contributed by atoms with Gasteiger partial charge in [0.25, 0.3) is 5.91 Å². The van der Waals surface area contributed by atoms with Crippen LogP contribution in [0.3, 0.4) is 0 Å². The van der Waals surface area contributed by atoms with Crippen LogP contribution in [0.25, 0.3) is 0 Å². The summed E-state index contributed by atoms with van der Waals surface area (Å²) in [5.41, 5.74) is 0.675. The lowest BCUT2D eigenvalue weighted by Gasteiger charge is -2.56. The lowest BCUT2D eigenvalue weighted by Crippen LogP contribution is -2.51. The van der Waals surface area contributed by atoms with Gasteiger partial charge < -0.3 is 10.1 Å². The van der Waals surface area contributed by atoms with Gasteiger partial charge in [-0.05, 0) is 93.7 Å². The molecule has 4 aliphatic carbocycles. The molecule has 6 nitrogen and oxygen atoms in total. The number of carbonyl (C=O) groups excluding carboxylic acids is 1. The van der Waals surface area contributed by atoms with Gasteiger partial charge in [-0.25, -0.2) is 8.42 Å². The van der Waals surface area contributed by atoms with E-state index in [0.717, 1.165) is 17.8 Å². The lowest BCUT2D eigenvalue weighted by molar-refractivity contribution is -0.0503. The second kappa shape index (κ2) is 7.85. The van der Waals surface area contributed by atoms with Crippen LogP contribution in [0, 0.1) is 23.2 Å². The van der Waals surface area contributed by atoms with Crippen molar-refractivity contribution < 1.29 is 17.9 Å². The Morgan fingerprint density at radius 3 is 2.23 bits per heavy atom. The van der Waals surface area contributed by atoms with Crippen molar-refractivity contribution in [2.45, 2.75) is 69.5 Å². The Morgan fingerprint density at radius 2 is 1.65 bits per heavy atom. The molecule has 4 saturated carbocycles. The molecule has 170 valence electrons. The van der Waals surface area contributed by atoms with Crippen LogP contribution >= 0.6 is 0 Å². The Morgan fingerprint density at radius 1 is 1.06 bits per heavy atom. The van der Waals surface area contributed by atoms with Crippen LogP contribution in [0.5, 0.6) is 0 Å². The third-order valence-corrected chi connectivity index (χ3v) is 9.74. The summed E-state index contributed by atoms with van der Waals surface area (Å²) in [7, 11) is -3.66. The molecule has 5 aliphatic rings. The van der Waals surface area contributed by atoms with E-state index < -0.39 is 10.0 Å². The van der Waals surface area contributed by atoms with Crippen molar-refractivity contribution in [3.05, 3.63) is 29.8 Å². The van der Waals surface area contributed by atoms with Crippen molar-refractivity contribution in [3.63, 3.8) is 0 Å². The molecule has 0 spiro atoms. The zero-order valence-electron chi connectivity index (χ0n) is 18.5. The summed E-state index contributed by atoms with van der Waals surface area (Å²) in [5, 5.41) is 3.16. The van der Waals surface area contributed by atoms with E-state index >= 15 is 0 Å². The average molecular weight is 447 g/mol. The molecule has 6 rings (SSSR count). The van der Waals surface area contributed by atoms with Crippen molar-refractivity contribution in [3.8, 4) is 0 Å². The van der Waals surface area contributed by atoms with Gasteiger partial charge in [0.15, 0.2) is 0 Å². The largest absolute Gasteiger partial charge is 0.373 e. The topological polar surface area (TPSA) is 75.7 Å². The Hall–Kier alpha value is -1.44. The molecule has 31 heavy (non-hydrogen) atoms. The number of amides is 1. The number of ether oxygens (including phenoxy) is 1. The minimum absolute atomic E-state index is 0.148. The van der Waals surface area contributed by atoms with Crippen molar-refractivity contribution in [2.24, 2.45) is 23.2 Å². The maximum atomic E-state index is 13.2. The van der Waals surface area contributed by atoms with E-state index in [0.29, 0.717) is 25.2 Å². The Labute approximate surface area is 185 Å². The van der Waals surface area contributed by atoms with E-state index in [-0.39, 0.29) is 28.4 Å². The smallest absolute Gasteiger partial charge is 0.251 e. The van der Waals surface area contributed by atoms with Gasteiger partial charge in [0, 0.05) is 25.2 Å². The molecule has 1 N–H and O–H groups in total. The highest BCUT2D eigenvalue weighted by molar-refractivity contribution is 7.89. The van der Waals surface area contributed by atoms with E-state index in [9.17, 15) is 13.2 Å². The predicted molar refractivity (Wildman–Crippen MR) is 118 cm³/mol. The van der Waals surface area contributed by atoms with Crippen LogP contribution in [0.1, 0.15) is 62.7 Å². The van der Waals surface area contributed by atoms with Crippen molar-refractivity contribution >= 4 is 15.9 Å². The molecule has 4 bridgehead atoms. The number of hydrogen-bond donors (Lipinski definition) is 1. The molecule has 1 heterocycles. The molecule has 0 unspecified atom stereocenters. The van der Waals surface area contributed by atoms with E-state index in [1.807, 2.05) is 13.8 Å². The molecular formula is C24H34N2O4S. The monoisotopic (exact) mass is 446 g/mol. The number of hydrogen-bond acceptors (Lipinski definition) is 4. The first-order valence-corrected chi connectivity index (χ1v) is 13.2. The minimum Gasteiger partial charge on any atom is -0.373 e. The van der Waals surface area contributed by atoms with Gasteiger partial charge in [0.1, 0.15) is 0 Å². The third-order valence-electron chi connectivity index (χ3n) is 7.91. The molecule has 1 aromatic rings. The second-order valence-corrected chi connectivity index (χ2v) is 12.6. The zero-order chi connectivity index (χ0) is 21.8. The SMILES string of the molecule is C[C@H]1CN(S(=O)(=O)c2cccc(C(=O)NCC34CC5CC(CC(C5)C3)C4)c2)C[C@H](C)O1. The van der Waals surface area contributed by atoms with Crippen LogP contribution in [-0.2, 0) is 14.8 Å². The van der Waals surface area contributed by atoms with Crippen molar-refractivity contribution in [1.29, 1.82) is 0 Å². The third kappa shape index (κ3) is 4.16. The van der Waals surface area contributed by atoms with E-state index in [4.69, 9.17) is 4.74 Å². The fourth-order valence-corrected chi connectivity index (χ4v) is 8.79. The van der Waals surface area contributed by atoms with Gasteiger partial charge in [-0.15, -0.1) is 0 Å². The predicted octanol–water partition coefficient (Wildman–Crippen LogP) is 3.43. The van der Waals surface area contributed by atoms with Gasteiger partial charge >= 0.3 is 0 Å². The first-order chi connectivity index (χ1) is 14.7. The summed E-state index contributed by atoms with van der Waals surface area (Å²) < 4.78 is 33.5. The summed E-state index contributed by atoms with van der Waals surface area (Å²) >= 11 is 0. The van der Waals surface area contributed by atoms with Gasteiger partial charge in [-0.1, -0.05) is 6.07 Å². The van der Waals surface area contributed by atoms with Crippen LogP contribution in [0.15, 0.2) is 29.2 Å². The normalized spacial score (nSPS) is 37.7. The number of sulfonamides is 1. The summed E-state index contributed by atoms with van der Waals surface area (Å²) in [6.07, 6.45) is 7.56. The highest BCUT2D eigenvalue weighted by Gasteiger charge is 2.50. The number of benzene rings is 1. The molecule has 1 amide bonds. The first kappa shape index (κ1) is 21.4. The molecule has 1 aromatic carbocycles. The van der Waals surface area contributed by atoms with Crippen LogP contribution in [-0.4, -0.2) is 50.5 Å². The van der Waals surface area contributed by atoms with Gasteiger partial charge in [-0.2, -0.15) is 4.31 Å². The number of morpholine rings is 1. The van der Waals surface area contributed by atoms with Crippen LogP contribution in [0.2, 0.25) is 0 Å². The van der Waals surface area contributed by atoms with Crippen LogP contribution in [0.4, 0.5) is 0 Å². The average Bonchev–Trinajstić information content (AvgIpc) is 2.70. The number of rotatable bonds is 5. The second-order valence-electron chi connectivity index (χ2n) is 10.7. The molecule has 2 atom stereocenters. The first-order valence-electron chi connectivity index (χ1n) is 11.8. The minimum atomic E-state index is -3.66. The quantitative estimate of drug-likeness (QED) is 0.752. The van der Waals surface area contributed by atoms with Crippen molar-refractivity contribution in [1.82, 2.24) is 9.62 Å². The molecule has 1 saturated heterocycles. The molecule has 0 aromatic heterocycles. The molecule has 0 radical (unpaired) electrons. The highest BCUT2D eigenvalue weighted by atomic mass is 32.2. The number of nitrogens with zero attached hydrogens (tertiary/aromatic N) is 1. The Bertz CT molecular complexity index is 915. The fraction of sp³-hybridized carbons (Fsp3) is 0.708. The lowest BCUT2D eigenvalue weighted by atomic mass is 9.49.